The molecule has 0 spiro atoms. The highest BCUT2D eigenvalue weighted by Gasteiger charge is 2.21. The molecule has 136 valence electrons. The highest BCUT2D eigenvalue weighted by atomic mass is 16.6. The zero-order valence-corrected chi connectivity index (χ0v) is 14.0. The van der Waals surface area contributed by atoms with Gasteiger partial charge in [-0.2, -0.15) is 10.5 Å². The van der Waals surface area contributed by atoms with Crippen molar-refractivity contribution < 1.29 is 24.0 Å². The van der Waals surface area contributed by atoms with Crippen LogP contribution in [0.3, 0.4) is 0 Å². The Morgan fingerprint density at radius 3 is 2.35 bits per heavy atom. The Labute approximate surface area is 149 Å². The summed E-state index contributed by atoms with van der Waals surface area (Å²) >= 11 is 0. The molecule has 1 rings (SSSR count). The van der Waals surface area contributed by atoms with Crippen LogP contribution in [0.4, 0.5) is 5.69 Å². The van der Waals surface area contributed by atoms with Crippen LogP contribution < -0.4 is 4.74 Å². The third-order valence-electron chi connectivity index (χ3n) is 3.27. The van der Waals surface area contributed by atoms with Crippen LogP contribution in [-0.2, 0) is 9.53 Å². The molecule has 0 aliphatic carbocycles. The van der Waals surface area contributed by atoms with Crippen LogP contribution in [0, 0.1) is 32.8 Å². The van der Waals surface area contributed by atoms with Crippen molar-refractivity contribution in [2.45, 2.75) is 12.8 Å². The lowest BCUT2D eigenvalue weighted by molar-refractivity contribution is -0.385. The molecule has 0 saturated carbocycles. The number of esters is 1. The van der Waals surface area contributed by atoms with E-state index < -0.39 is 29.1 Å². The van der Waals surface area contributed by atoms with Gasteiger partial charge in [0.25, 0.3) is 5.91 Å². The molecular weight excluding hydrogens is 344 g/mol. The summed E-state index contributed by atoms with van der Waals surface area (Å²) in [6.45, 7) is -0.308. The summed E-state index contributed by atoms with van der Waals surface area (Å²) in [4.78, 5) is 35.4. The number of hydrogen-bond donors (Lipinski definition) is 0. The summed E-state index contributed by atoms with van der Waals surface area (Å²) in [6.07, 6.45) is 0.157. The standard InChI is InChI=1S/C16H16N4O6/c1-25-16(22)12-4-5-13(20(23)24)14(10-12)26-11-15(21)19(8-2-6-17)9-3-7-18/h4-5,10H,2-3,8-9,11H2,1H3. The van der Waals surface area contributed by atoms with Gasteiger partial charge >= 0.3 is 11.7 Å². The molecule has 0 heterocycles. The zero-order chi connectivity index (χ0) is 19.5. The number of benzene rings is 1. The van der Waals surface area contributed by atoms with Crippen molar-refractivity contribution in [2.24, 2.45) is 0 Å². The first kappa shape index (κ1) is 20.4. The van der Waals surface area contributed by atoms with Gasteiger partial charge in [-0.3, -0.25) is 14.9 Å². The molecule has 26 heavy (non-hydrogen) atoms. The maximum atomic E-state index is 12.2. The van der Waals surface area contributed by atoms with Gasteiger partial charge in [-0.25, -0.2) is 4.79 Å². The fourth-order valence-corrected chi connectivity index (χ4v) is 1.99. The second-order valence-electron chi connectivity index (χ2n) is 4.92. The minimum atomic E-state index is -0.708. The number of nitriles is 2. The van der Waals surface area contributed by atoms with E-state index in [0.717, 1.165) is 19.2 Å². The first-order valence-corrected chi connectivity index (χ1v) is 7.45. The predicted octanol–water partition coefficient (Wildman–Crippen LogP) is 1.42. The second kappa shape index (κ2) is 10.3. The largest absolute Gasteiger partial charge is 0.477 e. The van der Waals surface area contributed by atoms with Gasteiger partial charge in [0, 0.05) is 25.2 Å². The number of hydrogen-bond acceptors (Lipinski definition) is 8. The van der Waals surface area contributed by atoms with E-state index in [1.165, 1.54) is 11.0 Å². The molecule has 0 saturated heterocycles. The number of nitro groups is 1. The number of carbonyl (C=O) groups is 2. The molecule has 0 atom stereocenters. The fraction of sp³-hybridized carbons (Fsp3) is 0.375. The van der Waals surface area contributed by atoms with Gasteiger partial charge in [0.1, 0.15) is 0 Å². The summed E-state index contributed by atoms with van der Waals surface area (Å²) in [5.41, 5.74) is -0.377. The van der Waals surface area contributed by atoms with Crippen LogP contribution in [-0.4, -0.2) is 48.5 Å². The Balaban J connectivity index is 2.93. The van der Waals surface area contributed by atoms with Crippen LogP contribution in [0.15, 0.2) is 18.2 Å². The van der Waals surface area contributed by atoms with Gasteiger partial charge in [-0.1, -0.05) is 0 Å². The summed E-state index contributed by atoms with van der Waals surface area (Å²) in [7, 11) is 1.16. The lowest BCUT2D eigenvalue weighted by Crippen LogP contribution is -2.36. The molecule has 0 fully saturated rings. The number of rotatable bonds is 9. The first-order chi connectivity index (χ1) is 12.4. The van der Waals surface area contributed by atoms with E-state index in [4.69, 9.17) is 15.3 Å². The van der Waals surface area contributed by atoms with E-state index in [-0.39, 0.29) is 37.2 Å². The first-order valence-electron chi connectivity index (χ1n) is 7.45. The van der Waals surface area contributed by atoms with Gasteiger partial charge in [0.2, 0.25) is 0 Å². The lowest BCUT2D eigenvalue weighted by atomic mass is 10.2. The topological polar surface area (TPSA) is 147 Å². The van der Waals surface area contributed by atoms with Crippen LogP contribution in [0.5, 0.6) is 5.75 Å². The summed E-state index contributed by atoms with van der Waals surface area (Å²) in [6, 6.07) is 7.20. The van der Waals surface area contributed by atoms with Crippen LogP contribution >= 0.6 is 0 Å². The highest BCUT2D eigenvalue weighted by molar-refractivity contribution is 5.90. The molecule has 0 bridgehead atoms. The summed E-state index contributed by atoms with van der Waals surface area (Å²) in [5, 5.41) is 28.3. The fourth-order valence-electron chi connectivity index (χ4n) is 1.99. The molecule has 10 heteroatoms. The van der Waals surface area contributed by atoms with Crippen LogP contribution in [0.1, 0.15) is 23.2 Å². The normalized spacial score (nSPS) is 9.50. The van der Waals surface area contributed by atoms with E-state index in [9.17, 15) is 19.7 Å². The van der Waals surface area contributed by atoms with E-state index in [1.807, 2.05) is 12.1 Å². The Morgan fingerprint density at radius 1 is 1.23 bits per heavy atom. The average molecular weight is 360 g/mol. The molecule has 0 radical (unpaired) electrons. The maximum absolute atomic E-state index is 12.2. The third-order valence-corrected chi connectivity index (χ3v) is 3.27. The van der Waals surface area contributed by atoms with Crippen molar-refractivity contribution in [1.29, 1.82) is 10.5 Å². The molecule has 1 amide bonds. The molecule has 10 nitrogen and oxygen atoms in total. The number of methoxy groups -OCH3 is 1. The molecule has 0 N–H and O–H groups in total. The number of nitro benzene ring substituents is 1. The predicted molar refractivity (Wildman–Crippen MR) is 87.0 cm³/mol. The number of carbonyl (C=O) groups excluding carboxylic acids is 2. The molecule has 0 unspecified atom stereocenters. The molecule has 1 aromatic rings. The molecule has 0 aliphatic rings. The SMILES string of the molecule is COC(=O)c1ccc([N+](=O)[O-])c(OCC(=O)N(CCC#N)CCC#N)c1. The average Bonchev–Trinajstić information content (AvgIpc) is 2.65. The van der Waals surface area contributed by atoms with Crippen molar-refractivity contribution in [3.8, 4) is 17.9 Å². The lowest BCUT2D eigenvalue weighted by Gasteiger charge is -2.20. The van der Waals surface area contributed by atoms with E-state index >= 15 is 0 Å². The monoisotopic (exact) mass is 360 g/mol. The quantitative estimate of drug-likeness (QED) is 0.365. The van der Waals surface area contributed by atoms with Crippen molar-refractivity contribution in [3.05, 3.63) is 33.9 Å². The maximum Gasteiger partial charge on any atom is 0.337 e. The number of nitrogens with zero attached hydrogens (tertiary/aromatic N) is 4. The number of ether oxygens (including phenoxy) is 2. The van der Waals surface area contributed by atoms with E-state index in [0.29, 0.717) is 0 Å². The minimum Gasteiger partial charge on any atom is -0.477 e. The van der Waals surface area contributed by atoms with Crippen molar-refractivity contribution in [2.75, 3.05) is 26.8 Å². The third kappa shape index (κ3) is 5.76. The smallest absolute Gasteiger partial charge is 0.337 e. The second-order valence-corrected chi connectivity index (χ2v) is 4.92. The Morgan fingerprint density at radius 2 is 1.85 bits per heavy atom. The Bertz CT molecular complexity index is 747. The van der Waals surface area contributed by atoms with E-state index in [1.54, 1.807) is 0 Å². The van der Waals surface area contributed by atoms with Gasteiger partial charge in [-0.05, 0) is 6.07 Å². The molecule has 1 aromatic carbocycles. The van der Waals surface area contributed by atoms with Gasteiger partial charge in [0.05, 0.1) is 42.6 Å². The van der Waals surface area contributed by atoms with Gasteiger partial charge in [0.15, 0.2) is 12.4 Å². The summed E-state index contributed by atoms with van der Waals surface area (Å²) < 4.78 is 9.77. The Hall–Kier alpha value is -3.66. The highest BCUT2D eigenvalue weighted by Crippen LogP contribution is 2.28. The molecule has 0 aromatic heterocycles. The minimum absolute atomic E-state index is 0.0337. The van der Waals surface area contributed by atoms with Crippen LogP contribution in [0.25, 0.3) is 0 Å². The van der Waals surface area contributed by atoms with E-state index in [2.05, 4.69) is 4.74 Å². The summed E-state index contributed by atoms with van der Waals surface area (Å²) in [5.74, 6) is -1.50. The zero-order valence-electron chi connectivity index (χ0n) is 14.0. The molecular formula is C16H16N4O6. The number of amides is 1. The van der Waals surface area contributed by atoms with Crippen molar-refractivity contribution >= 4 is 17.6 Å². The Kier molecular flexibility index (Phi) is 8.04. The van der Waals surface area contributed by atoms with Crippen molar-refractivity contribution in [1.82, 2.24) is 4.90 Å². The molecule has 0 aliphatic heterocycles. The van der Waals surface area contributed by atoms with Crippen LogP contribution in [0.2, 0.25) is 0 Å². The van der Waals surface area contributed by atoms with Gasteiger partial charge in [-0.15, -0.1) is 0 Å². The van der Waals surface area contributed by atoms with Gasteiger partial charge < -0.3 is 14.4 Å². The van der Waals surface area contributed by atoms with Crippen molar-refractivity contribution in [3.63, 3.8) is 0 Å².